The highest BCUT2D eigenvalue weighted by molar-refractivity contribution is 8.06. The van der Waals surface area contributed by atoms with Gasteiger partial charge in [-0.15, -0.1) is 5.73 Å². The van der Waals surface area contributed by atoms with E-state index >= 15 is 0 Å². The van der Waals surface area contributed by atoms with E-state index in [1.165, 1.54) is 5.57 Å². The molecule has 92 valence electrons. The first-order valence-electron chi connectivity index (χ1n) is 6.02. The summed E-state index contributed by atoms with van der Waals surface area (Å²) in [6, 6.07) is 3.96. The zero-order valence-corrected chi connectivity index (χ0v) is 11.2. The van der Waals surface area contributed by atoms with Crippen molar-refractivity contribution in [1.29, 1.82) is 0 Å². The molecule has 0 unspecified atom stereocenters. The van der Waals surface area contributed by atoms with Gasteiger partial charge in [-0.3, -0.25) is 0 Å². The van der Waals surface area contributed by atoms with Gasteiger partial charge in [-0.05, 0) is 36.3 Å². The molecule has 3 heteroatoms. The number of thioether (sulfide) groups is 1. The van der Waals surface area contributed by atoms with E-state index in [1.54, 1.807) is 18.0 Å². The fourth-order valence-corrected chi connectivity index (χ4v) is 2.73. The molecule has 1 aliphatic heterocycles. The molecule has 19 heavy (non-hydrogen) atoms. The van der Waals surface area contributed by atoms with Gasteiger partial charge in [0.25, 0.3) is 0 Å². The average molecular weight is 264 g/mol. The van der Waals surface area contributed by atoms with E-state index in [4.69, 9.17) is 0 Å². The number of rotatable bonds is 0. The van der Waals surface area contributed by atoms with E-state index in [2.05, 4.69) is 34.4 Å². The Morgan fingerprint density at radius 2 is 2.32 bits per heavy atom. The summed E-state index contributed by atoms with van der Waals surface area (Å²) in [5, 5.41) is 1.80. The fraction of sp³-hybridized carbons (Fsp3) is 0.0625. The minimum atomic E-state index is 0.737. The lowest BCUT2D eigenvalue weighted by atomic mass is 10.1. The van der Waals surface area contributed by atoms with Crippen molar-refractivity contribution in [2.75, 3.05) is 0 Å². The normalized spacial score (nSPS) is 19.2. The maximum atomic E-state index is 4.49. The second-order valence-corrected chi connectivity index (χ2v) is 5.27. The Balaban J connectivity index is 2.18. The van der Waals surface area contributed by atoms with E-state index in [0.29, 0.717) is 0 Å². The van der Waals surface area contributed by atoms with Crippen LogP contribution < -0.4 is 10.7 Å². The Hall–Kier alpha value is -2.09. The SMILES string of the molecule is C=C1N=c2nccc/c2=C/CC2=C(C=C=CC=C2)S1. The van der Waals surface area contributed by atoms with Crippen LogP contribution in [0.25, 0.3) is 6.08 Å². The van der Waals surface area contributed by atoms with Gasteiger partial charge in [0.05, 0.1) is 5.03 Å². The molecule has 2 aliphatic rings. The Bertz CT molecular complexity index is 775. The fourth-order valence-electron chi connectivity index (χ4n) is 1.93. The summed E-state index contributed by atoms with van der Waals surface area (Å²) in [5.41, 5.74) is 5.12. The smallest absolute Gasteiger partial charge is 0.160 e. The lowest BCUT2D eigenvalue weighted by Gasteiger charge is -2.04. The molecule has 0 spiro atoms. The average Bonchev–Trinajstić information content (AvgIpc) is 2.59. The summed E-state index contributed by atoms with van der Waals surface area (Å²) in [7, 11) is 0. The lowest BCUT2D eigenvalue weighted by molar-refractivity contribution is 1.11. The second-order valence-electron chi connectivity index (χ2n) is 4.16. The molecule has 1 aromatic heterocycles. The Morgan fingerprint density at radius 1 is 1.37 bits per heavy atom. The lowest BCUT2D eigenvalue weighted by Crippen LogP contribution is -2.27. The van der Waals surface area contributed by atoms with Crippen molar-refractivity contribution in [3.8, 4) is 0 Å². The first-order chi connectivity index (χ1) is 9.33. The summed E-state index contributed by atoms with van der Waals surface area (Å²) in [5.74, 6) is 0. The van der Waals surface area contributed by atoms with Gasteiger partial charge in [-0.2, -0.15) is 0 Å². The summed E-state index contributed by atoms with van der Waals surface area (Å²) in [6.07, 6.45) is 12.8. The van der Waals surface area contributed by atoms with E-state index in [1.807, 2.05) is 30.4 Å². The van der Waals surface area contributed by atoms with Crippen LogP contribution in [0.2, 0.25) is 0 Å². The summed E-state index contributed by atoms with van der Waals surface area (Å²) in [4.78, 5) is 9.94. The molecule has 0 saturated heterocycles. The highest BCUT2D eigenvalue weighted by atomic mass is 32.2. The molecule has 0 aromatic carbocycles. The number of nitrogens with zero attached hydrogens (tertiary/aromatic N) is 2. The number of fused-ring (bicyclic) bond motifs is 1. The maximum Gasteiger partial charge on any atom is 0.160 e. The van der Waals surface area contributed by atoms with Crippen LogP contribution in [0.5, 0.6) is 0 Å². The van der Waals surface area contributed by atoms with Gasteiger partial charge in [0.1, 0.15) is 0 Å². The number of allylic oxidation sites excluding steroid dienone is 4. The van der Waals surface area contributed by atoms with Gasteiger partial charge in [-0.25, -0.2) is 9.98 Å². The number of aromatic nitrogens is 1. The van der Waals surface area contributed by atoms with Gasteiger partial charge >= 0.3 is 0 Å². The third-order valence-corrected chi connectivity index (χ3v) is 3.76. The first-order valence-corrected chi connectivity index (χ1v) is 6.83. The molecule has 0 radical (unpaired) electrons. The van der Waals surface area contributed by atoms with Crippen molar-refractivity contribution in [1.82, 2.24) is 4.98 Å². The molecule has 2 heterocycles. The molecule has 0 saturated carbocycles. The minimum Gasteiger partial charge on any atom is -0.237 e. The molecular weight excluding hydrogens is 252 g/mol. The van der Waals surface area contributed by atoms with Crippen molar-refractivity contribution >= 4 is 17.8 Å². The maximum absolute atomic E-state index is 4.49. The van der Waals surface area contributed by atoms with Crippen molar-refractivity contribution in [3.05, 3.63) is 81.2 Å². The van der Waals surface area contributed by atoms with Crippen LogP contribution in [0, 0.1) is 0 Å². The molecule has 0 atom stereocenters. The predicted octanol–water partition coefficient (Wildman–Crippen LogP) is 2.63. The molecule has 0 amide bonds. The standard InChI is InChI=1S/C16H12N2S/c1-12-18-16-14(7-5-11-17-16)10-9-13-6-3-2-4-8-15(13)19-12/h2-3,5-8,10-11H,1,9H2/b14-10-,18-16?. The predicted molar refractivity (Wildman–Crippen MR) is 79.7 cm³/mol. The third-order valence-electron chi connectivity index (χ3n) is 2.84. The largest absolute Gasteiger partial charge is 0.237 e. The van der Waals surface area contributed by atoms with Crippen LogP contribution in [0.1, 0.15) is 6.42 Å². The highest BCUT2D eigenvalue weighted by Crippen LogP contribution is 2.31. The summed E-state index contributed by atoms with van der Waals surface area (Å²) in [6.45, 7) is 4.00. The quantitative estimate of drug-likeness (QED) is 0.673. The zero-order chi connectivity index (χ0) is 13.1. The van der Waals surface area contributed by atoms with Crippen molar-refractivity contribution < 1.29 is 0 Å². The van der Waals surface area contributed by atoms with Crippen molar-refractivity contribution in [2.24, 2.45) is 4.99 Å². The zero-order valence-electron chi connectivity index (χ0n) is 10.3. The van der Waals surface area contributed by atoms with E-state index in [9.17, 15) is 0 Å². The summed E-state index contributed by atoms with van der Waals surface area (Å²) < 4.78 is 0. The molecule has 0 N–H and O–H groups in total. The van der Waals surface area contributed by atoms with Crippen molar-refractivity contribution in [3.63, 3.8) is 0 Å². The number of hydrogen-bond acceptors (Lipinski definition) is 3. The number of pyridine rings is 1. The molecule has 1 aliphatic carbocycles. The van der Waals surface area contributed by atoms with Gasteiger partial charge < -0.3 is 0 Å². The van der Waals surface area contributed by atoms with Gasteiger partial charge in [0, 0.05) is 16.3 Å². The Morgan fingerprint density at radius 3 is 3.26 bits per heavy atom. The minimum absolute atomic E-state index is 0.737. The molecule has 0 fully saturated rings. The highest BCUT2D eigenvalue weighted by Gasteiger charge is 2.07. The van der Waals surface area contributed by atoms with Crippen LogP contribution in [0.4, 0.5) is 0 Å². The van der Waals surface area contributed by atoms with Crippen LogP contribution >= 0.6 is 11.8 Å². The van der Waals surface area contributed by atoms with Crippen LogP contribution in [0.3, 0.4) is 0 Å². The van der Waals surface area contributed by atoms with E-state index in [0.717, 1.165) is 27.1 Å². The Kier molecular flexibility index (Phi) is 3.32. The van der Waals surface area contributed by atoms with Crippen LogP contribution in [-0.2, 0) is 0 Å². The molecular formula is C16H12N2S. The molecule has 3 rings (SSSR count). The Labute approximate surface area is 116 Å². The molecule has 1 aromatic rings. The molecule has 2 nitrogen and oxygen atoms in total. The van der Waals surface area contributed by atoms with Gasteiger partial charge in [0.15, 0.2) is 5.49 Å². The first kappa shape index (κ1) is 12.0. The van der Waals surface area contributed by atoms with E-state index in [-0.39, 0.29) is 0 Å². The summed E-state index contributed by atoms with van der Waals surface area (Å²) >= 11 is 1.56. The second kappa shape index (κ2) is 5.27. The molecule has 0 bridgehead atoms. The van der Waals surface area contributed by atoms with E-state index < -0.39 is 0 Å². The van der Waals surface area contributed by atoms with Gasteiger partial charge in [-0.1, -0.05) is 36.6 Å². The topological polar surface area (TPSA) is 25.2 Å². The van der Waals surface area contributed by atoms with Crippen molar-refractivity contribution in [2.45, 2.75) is 6.42 Å². The number of hydrogen-bond donors (Lipinski definition) is 0. The van der Waals surface area contributed by atoms with Crippen LogP contribution in [0.15, 0.2) is 75.4 Å². The van der Waals surface area contributed by atoms with Crippen LogP contribution in [-0.4, -0.2) is 4.98 Å². The third kappa shape index (κ3) is 2.68. The monoisotopic (exact) mass is 264 g/mol. The van der Waals surface area contributed by atoms with Gasteiger partial charge in [0.2, 0.25) is 0 Å².